The molecule has 0 aliphatic carbocycles. The van der Waals surface area contributed by atoms with Crippen molar-refractivity contribution in [1.82, 2.24) is 19.5 Å². The van der Waals surface area contributed by atoms with Gasteiger partial charge in [0.1, 0.15) is 5.82 Å². The number of hydrogen-bond acceptors (Lipinski definition) is 5. The van der Waals surface area contributed by atoms with Gasteiger partial charge in [0.15, 0.2) is 5.16 Å². The van der Waals surface area contributed by atoms with E-state index in [1.807, 2.05) is 66.7 Å². The lowest BCUT2D eigenvalue weighted by Gasteiger charge is -2.13. The Hall–Kier alpha value is -3.71. The number of aromatic nitrogens is 4. The SMILES string of the molecule is O=c1[nH]c(CSc2nc3ccccc3c(=O)n2Cc2ccccc2)nc2ccccc12. The average molecular weight is 427 g/mol. The molecule has 31 heavy (non-hydrogen) atoms. The van der Waals surface area contributed by atoms with Crippen molar-refractivity contribution in [1.29, 1.82) is 0 Å². The third-order valence-corrected chi connectivity index (χ3v) is 6.00. The molecule has 0 atom stereocenters. The molecule has 0 saturated heterocycles. The highest BCUT2D eigenvalue weighted by molar-refractivity contribution is 7.98. The number of rotatable bonds is 5. The van der Waals surface area contributed by atoms with Crippen LogP contribution in [0.1, 0.15) is 11.4 Å². The lowest BCUT2D eigenvalue weighted by atomic mass is 10.2. The minimum Gasteiger partial charge on any atom is -0.309 e. The van der Waals surface area contributed by atoms with Gasteiger partial charge in [0.2, 0.25) is 0 Å². The summed E-state index contributed by atoms with van der Waals surface area (Å²) in [4.78, 5) is 37.7. The van der Waals surface area contributed by atoms with E-state index >= 15 is 0 Å². The summed E-state index contributed by atoms with van der Waals surface area (Å²) in [6.45, 7) is 0.418. The molecular formula is C24H18N4O2S. The van der Waals surface area contributed by atoms with Crippen LogP contribution < -0.4 is 11.1 Å². The fraction of sp³-hybridized carbons (Fsp3) is 0.0833. The predicted octanol–water partition coefficient (Wildman–Crippen LogP) is 3.97. The number of aromatic amines is 1. The molecule has 0 unspecified atom stereocenters. The second-order valence-electron chi connectivity index (χ2n) is 7.11. The first-order chi connectivity index (χ1) is 15.2. The van der Waals surface area contributed by atoms with Crippen LogP contribution in [0.4, 0.5) is 0 Å². The van der Waals surface area contributed by atoms with E-state index in [2.05, 4.69) is 9.97 Å². The third-order valence-electron chi connectivity index (χ3n) is 5.01. The lowest BCUT2D eigenvalue weighted by Crippen LogP contribution is -2.24. The summed E-state index contributed by atoms with van der Waals surface area (Å²) >= 11 is 1.38. The van der Waals surface area contributed by atoms with E-state index in [-0.39, 0.29) is 11.1 Å². The summed E-state index contributed by atoms with van der Waals surface area (Å²) in [5.74, 6) is 0.932. The van der Waals surface area contributed by atoms with Gasteiger partial charge in [-0.05, 0) is 29.8 Å². The van der Waals surface area contributed by atoms with Crippen LogP contribution in [0.5, 0.6) is 0 Å². The number of nitrogens with one attached hydrogen (secondary N) is 1. The van der Waals surface area contributed by atoms with Crippen LogP contribution in [0.2, 0.25) is 0 Å². The van der Waals surface area contributed by atoms with E-state index in [4.69, 9.17) is 4.98 Å². The predicted molar refractivity (Wildman–Crippen MR) is 123 cm³/mol. The van der Waals surface area contributed by atoms with Crippen molar-refractivity contribution in [2.75, 3.05) is 0 Å². The Balaban J connectivity index is 1.55. The summed E-state index contributed by atoms with van der Waals surface area (Å²) in [6.07, 6.45) is 0. The van der Waals surface area contributed by atoms with Crippen LogP contribution in [0.3, 0.4) is 0 Å². The first-order valence-corrected chi connectivity index (χ1v) is 10.8. The van der Waals surface area contributed by atoms with Gasteiger partial charge < -0.3 is 4.98 Å². The van der Waals surface area contributed by atoms with Crippen molar-refractivity contribution < 1.29 is 0 Å². The normalized spacial score (nSPS) is 11.2. The van der Waals surface area contributed by atoms with Crippen LogP contribution in [-0.4, -0.2) is 19.5 Å². The maximum atomic E-state index is 13.2. The Labute approximate surface area is 181 Å². The zero-order chi connectivity index (χ0) is 21.2. The molecule has 5 aromatic rings. The van der Waals surface area contributed by atoms with Gasteiger partial charge in [0.25, 0.3) is 11.1 Å². The number of H-pyrrole nitrogens is 1. The molecule has 0 fully saturated rings. The monoisotopic (exact) mass is 426 g/mol. The number of fused-ring (bicyclic) bond motifs is 2. The van der Waals surface area contributed by atoms with Gasteiger partial charge in [-0.15, -0.1) is 0 Å². The fourth-order valence-electron chi connectivity index (χ4n) is 3.50. The number of nitrogens with zero attached hydrogens (tertiary/aromatic N) is 3. The molecule has 0 radical (unpaired) electrons. The zero-order valence-corrected chi connectivity index (χ0v) is 17.3. The Morgan fingerprint density at radius 3 is 2.19 bits per heavy atom. The smallest absolute Gasteiger partial charge is 0.262 e. The van der Waals surface area contributed by atoms with Crippen LogP contribution in [0, 0.1) is 0 Å². The van der Waals surface area contributed by atoms with E-state index in [9.17, 15) is 9.59 Å². The molecule has 3 aromatic carbocycles. The third kappa shape index (κ3) is 3.87. The highest BCUT2D eigenvalue weighted by Gasteiger charge is 2.13. The number of thioether (sulfide) groups is 1. The van der Waals surface area contributed by atoms with E-state index in [0.29, 0.717) is 45.1 Å². The summed E-state index contributed by atoms with van der Waals surface area (Å²) in [5, 5.41) is 1.73. The molecule has 0 aliphatic rings. The van der Waals surface area contributed by atoms with Gasteiger partial charge in [-0.3, -0.25) is 14.2 Å². The topological polar surface area (TPSA) is 80.6 Å². The van der Waals surface area contributed by atoms with E-state index in [1.54, 1.807) is 16.7 Å². The maximum Gasteiger partial charge on any atom is 0.262 e. The largest absolute Gasteiger partial charge is 0.309 e. The van der Waals surface area contributed by atoms with E-state index < -0.39 is 0 Å². The first-order valence-electron chi connectivity index (χ1n) is 9.83. The molecule has 0 spiro atoms. The van der Waals surface area contributed by atoms with Crippen molar-refractivity contribution in [3.63, 3.8) is 0 Å². The standard InChI is InChI=1S/C24H18N4O2S/c29-22-17-10-4-6-12-19(17)25-21(27-22)15-31-24-26-20-13-7-5-11-18(20)23(30)28(24)14-16-8-2-1-3-9-16/h1-13H,14-15H2,(H,25,27,29). The molecule has 1 N–H and O–H groups in total. The molecule has 7 heteroatoms. The molecule has 0 saturated carbocycles. The van der Waals surface area contributed by atoms with E-state index in [0.717, 1.165) is 5.56 Å². The molecule has 5 rings (SSSR count). The molecule has 0 amide bonds. The lowest BCUT2D eigenvalue weighted by molar-refractivity contribution is 0.658. The highest BCUT2D eigenvalue weighted by atomic mass is 32.2. The molecule has 2 heterocycles. The van der Waals surface area contributed by atoms with Crippen molar-refractivity contribution in [2.45, 2.75) is 17.5 Å². The number of hydrogen-bond donors (Lipinski definition) is 1. The Morgan fingerprint density at radius 1 is 0.774 bits per heavy atom. The minimum absolute atomic E-state index is 0.0862. The summed E-state index contributed by atoms with van der Waals surface area (Å²) in [6, 6.07) is 24.4. The fourth-order valence-corrected chi connectivity index (χ4v) is 4.37. The molecule has 6 nitrogen and oxygen atoms in total. The van der Waals surface area contributed by atoms with Gasteiger partial charge in [-0.1, -0.05) is 66.4 Å². The molecule has 2 aromatic heterocycles. The van der Waals surface area contributed by atoms with Gasteiger partial charge in [-0.2, -0.15) is 0 Å². The van der Waals surface area contributed by atoms with Gasteiger partial charge in [0, 0.05) is 0 Å². The Bertz CT molecular complexity index is 1510. The first kappa shape index (κ1) is 19.3. The molecule has 152 valence electrons. The average Bonchev–Trinajstić information content (AvgIpc) is 2.80. The molecular weight excluding hydrogens is 408 g/mol. The highest BCUT2D eigenvalue weighted by Crippen LogP contribution is 2.22. The second-order valence-corrected chi connectivity index (χ2v) is 8.05. The van der Waals surface area contributed by atoms with Crippen molar-refractivity contribution >= 4 is 33.6 Å². The molecule has 0 aliphatic heterocycles. The second kappa shape index (κ2) is 8.20. The summed E-state index contributed by atoms with van der Waals surface area (Å²) < 4.78 is 1.68. The number of para-hydroxylation sites is 2. The van der Waals surface area contributed by atoms with Gasteiger partial charge in [-0.25, -0.2) is 9.97 Å². The Kier molecular flexibility index (Phi) is 5.09. The van der Waals surface area contributed by atoms with Gasteiger partial charge in [0.05, 0.1) is 34.1 Å². The maximum absolute atomic E-state index is 13.2. The number of benzene rings is 3. The summed E-state index contributed by atoms with van der Waals surface area (Å²) in [5.41, 5.74) is 2.06. The van der Waals surface area contributed by atoms with Gasteiger partial charge >= 0.3 is 0 Å². The molecule has 0 bridgehead atoms. The van der Waals surface area contributed by atoms with Crippen LogP contribution >= 0.6 is 11.8 Å². The van der Waals surface area contributed by atoms with Crippen molar-refractivity contribution in [2.24, 2.45) is 0 Å². The van der Waals surface area contributed by atoms with Crippen LogP contribution in [-0.2, 0) is 12.3 Å². The zero-order valence-electron chi connectivity index (χ0n) is 16.5. The quantitative estimate of drug-likeness (QED) is 0.340. The van der Waals surface area contributed by atoms with Crippen molar-refractivity contribution in [3.05, 3.63) is 111 Å². The van der Waals surface area contributed by atoms with Crippen LogP contribution in [0.15, 0.2) is 93.6 Å². The van der Waals surface area contributed by atoms with Crippen molar-refractivity contribution in [3.8, 4) is 0 Å². The van der Waals surface area contributed by atoms with E-state index in [1.165, 1.54) is 11.8 Å². The summed E-state index contributed by atoms with van der Waals surface area (Å²) in [7, 11) is 0. The minimum atomic E-state index is -0.172. The van der Waals surface area contributed by atoms with Crippen LogP contribution in [0.25, 0.3) is 21.8 Å². The Morgan fingerprint density at radius 2 is 1.42 bits per heavy atom.